The maximum atomic E-state index is 2.31. The minimum atomic E-state index is 1.02. The van der Waals surface area contributed by atoms with E-state index in [0.717, 1.165) is 12.8 Å². The molecule has 0 fully saturated rings. The van der Waals surface area contributed by atoms with E-state index in [4.69, 9.17) is 0 Å². The summed E-state index contributed by atoms with van der Waals surface area (Å²) in [6.45, 7) is 0. The van der Waals surface area contributed by atoms with E-state index in [9.17, 15) is 0 Å². The van der Waals surface area contributed by atoms with Crippen molar-refractivity contribution < 1.29 is 0 Å². The summed E-state index contributed by atoms with van der Waals surface area (Å²) in [5.41, 5.74) is 11.1. The van der Waals surface area contributed by atoms with Gasteiger partial charge in [0.2, 0.25) is 0 Å². The lowest BCUT2D eigenvalue weighted by atomic mass is 9.78. The minimum absolute atomic E-state index is 1.02. The van der Waals surface area contributed by atoms with Crippen LogP contribution in [0.4, 0.5) is 0 Å². The molecular weight excluding hydrogens is 288 g/mol. The lowest BCUT2D eigenvalue weighted by Crippen LogP contribution is -2.03. The van der Waals surface area contributed by atoms with Gasteiger partial charge < -0.3 is 0 Å². The van der Waals surface area contributed by atoms with Crippen molar-refractivity contribution in [2.24, 2.45) is 0 Å². The second-order valence-electron chi connectivity index (χ2n) is 6.47. The molecule has 0 heterocycles. The number of rotatable bonds is 0. The van der Waals surface area contributed by atoms with Gasteiger partial charge in [-0.25, -0.2) is 0 Å². The van der Waals surface area contributed by atoms with Crippen LogP contribution in [0.2, 0.25) is 0 Å². The Kier molecular flexibility index (Phi) is 3.02. The maximum Gasteiger partial charge on any atom is -0.00881 e. The summed E-state index contributed by atoms with van der Waals surface area (Å²) in [4.78, 5) is 0. The van der Waals surface area contributed by atoms with Crippen LogP contribution in [0.25, 0.3) is 33.4 Å². The van der Waals surface area contributed by atoms with E-state index in [-0.39, 0.29) is 0 Å². The molecule has 0 atom stereocenters. The van der Waals surface area contributed by atoms with E-state index in [1.54, 1.807) is 0 Å². The summed E-state index contributed by atoms with van der Waals surface area (Å²) in [6, 6.07) is 26.6. The predicted molar refractivity (Wildman–Crippen MR) is 103 cm³/mol. The highest BCUT2D eigenvalue weighted by Gasteiger charge is 2.23. The largest absolute Gasteiger partial charge is 0.0838 e. The third kappa shape index (κ3) is 1.93. The number of allylic oxidation sites excluding steroid dienone is 4. The van der Waals surface area contributed by atoms with E-state index in [0.29, 0.717) is 0 Å². The highest BCUT2D eigenvalue weighted by atomic mass is 14.3. The molecular formula is C24H18. The molecule has 0 saturated heterocycles. The highest BCUT2D eigenvalue weighted by molar-refractivity contribution is 6.04. The summed E-state index contributed by atoms with van der Waals surface area (Å²) in [5, 5.41) is 0. The summed E-state index contributed by atoms with van der Waals surface area (Å²) in [7, 11) is 0. The Labute approximate surface area is 142 Å². The van der Waals surface area contributed by atoms with Crippen LogP contribution in [0, 0.1) is 0 Å². The number of benzene rings is 3. The fourth-order valence-electron chi connectivity index (χ4n) is 4.11. The first-order valence-electron chi connectivity index (χ1n) is 8.59. The molecule has 0 spiro atoms. The standard InChI is InChI=1S/C24H18/c1-2-10-18-17(9-1)19-11-3-4-13-21(19)23-15-7-8-16-24(23)22-14-6-5-12-20(18)22/h1-14H,15-16H2. The molecule has 0 bridgehead atoms. The summed E-state index contributed by atoms with van der Waals surface area (Å²) < 4.78 is 0. The van der Waals surface area contributed by atoms with Gasteiger partial charge in [-0.15, -0.1) is 0 Å². The molecule has 3 aromatic rings. The molecule has 2 aliphatic carbocycles. The van der Waals surface area contributed by atoms with Gasteiger partial charge in [0.05, 0.1) is 0 Å². The Bertz CT molecular complexity index is 921. The molecule has 0 heteroatoms. The van der Waals surface area contributed by atoms with Crippen LogP contribution in [-0.2, 0) is 0 Å². The van der Waals surface area contributed by atoms with Crippen molar-refractivity contribution in [2.45, 2.75) is 12.8 Å². The molecule has 0 unspecified atom stereocenters. The molecule has 114 valence electrons. The fraction of sp³-hybridized carbons (Fsp3) is 0.0833. The van der Waals surface area contributed by atoms with Crippen molar-refractivity contribution in [1.29, 1.82) is 0 Å². The number of hydrogen-bond acceptors (Lipinski definition) is 0. The molecule has 0 saturated carbocycles. The van der Waals surface area contributed by atoms with E-state index in [1.165, 1.54) is 44.5 Å². The zero-order valence-electron chi connectivity index (χ0n) is 13.5. The Morgan fingerprint density at radius 2 is 0.667 bits per heavy atom. The highest BCUT2D eigenvalue weighted by Crippen LogP contribution is 2.47. The summed E-state index contributed by atoms with van der Waals surface area (Å²) >= 11 is 0. The second kappa shape index (κ2) is 5.35. The average Bonchev–Trinajstić information content (AvgIpc) is 2.67. The molecule has 0 amide bonds. The van der Waals surface area contributed by atoms with Crippen molar-refractivity contribution in [3.63, 3.8) is 0 Å². The van der Waals surface area contributed by atoms with Crippen molar-refractivity contribution in [3.05, 3.63) is 96.1 Å². The maximum absolute atomic E-state index is 2.31. The van der Waals surface area contributed by atoms with Crippen molar-refractivity contribution in [1.82, 2.24) is 0 Å². The molecule has 3 aromatic carbocycles. The quantitative estimate of drug-likeness (QED) is 0.411. The third-order valence-corrected chi connectivity index (χ3v) is 5.19. The lowest BCUT2D eigenvalue weighted by Gasteiger charge is -2.26. The zero-order chi connectivity index (χ0) is 15.9. The Morgan fingerprint density at radius 3 is 1.04 bits per heavy atom. The first-order valence-corrected chi connectivity index (χ1v) is 8.59. The van der Waals surface area contributed by atoms with Gasteiger partial charge in [-0.05, 0) is 57.4 Å². The van der Waals surface area contributed by atoms with E-state index >= 15 is 0 Å². The van der Waals surface area contributed by atoms with Crippen LogP contribution in [0.3, 0.4) is 0 Å². The molecule has 2 aliphatic rings. The van der Waals surface area contributed by atoms with E-state index in [2.05, 4.69) is 84.9 Å². The van der Waals surface area contributed by atoms with Gasteiger partial charge in [-0.1, -0.05) is 84.9 Å². The van der Waals surface area contributed by atoms with Gasteiger partial charge in [0.1, 0.15) is 0 Å². The first kappa shape index (κ1) is 13.6. The number of fused-ring (bicyclic) bond motifs is 7. The minimum Gasteiger partial charge on any atom is -0.0838 e. The Balaban J connectivity index is 1.96. The molecule has 5 rings (SSSR count). The van der Waals surface area contributed by atoms with Crippen LogP contribution in [0.15, 0.2) is 84.9 Å². The van der Waals surface area contributed by atoms with Gasteiger partial charge in [-0.3, -0.25) is 0 Å². The predicted octanol–water partition coefficient (Wildman–Crippen LogP) is 6.59. The van der Waals surface area contributed by atoms with Gasteiger partial charge in [-0.2, -0.15) is 0 Å². The van der Waals surface area contributed by atoms with Crippen molar-refractivity contribution in [3.8, 4) is 22.3 Å². The van der Waals surface area contributed by atoms with Crippen LogP contribution in [-0.4, -0.2) is 0 Å². The summed E-state index contributed by atoms with van der Waals surface area (Å²) in [5.74, 6) is 0. The number of hydrogen-bond donors (Lipinski definition) is 0. The zero-order valence-corrected chi connectivity index (χ0v) is 13.5. The van der Waals surface area contributed by atoms with E-state index < -0.39 is 0 Å². The topological polar surface area (TPSA) is 0 Å². The molecule has 0 radical (unpaired) electrons. The van der Waals surface area contributed by atoms with Crippen LogP contribution in [0.1, 0.15) is 24.0 Å². The lowest BCUT2D eigenvalue weighted by molar-refractivity contribution is 1.25. The summed E-state index contributed by atoms with van der Waals surface area (Å²) in [6.07, 6.45) is 6.66. The molecule has 0 aromatic heterocycles. The molecule has 24 heavy (non-hydrogen) atoms. The van der Waals surface area contributed by atoms with Crippen LogP contribution in [0.5, 0.6) is 0 Å². The van der Waals surface area contributed by atoms with Gasteiger partial charge in [0, 0.05) is 0 Å². The molecule has 0 N–H and O–H groups in total. The van der Waals surface area contributed by atoms with Crippen LogP contribution >= 0.6 is 0 Å². The third-order valence-electron chi connectivity index (χ3n) is 5.19. The molecule has 0 aliphatic heterocycles. The monoisotopic (exact) mass is 306 g/mol. The smallest absolute Gasteiger partial charge is 0.00881 e. The van der Waals surface area contributed by atoms with Crippen LogP contribution < -0.4 is 0 Å². The average molecular weight is 306 g/mol. The Hall–Kier alpha value is -2.86. The SMILES string of the molecule is C1=CCC2=C(C1)c1ccccc1-c1ccccc1-c1ccccc12. The van der Waals surface area contributed by atoms with Crippen molar-refractivity contribution >= 4 is 11.1 Å². The normalized spacial score (nSPS) is 14.8. The van der Waals surface area contributed by atoms with Gasteiger partial charge in [0.15, 0.2) is 0 Å². The van der Waals surface area contributed by atoms with E-state index in [1.807, 2.05) is 0 Å². The van der Waals surface area contributed by atoms with Gasteiger partial charge >= 0.3 is 0 Å². The van der Waals surface area contributed by atoms with Crippen molar-refractivity contribution in [2.75, 3.05) is 0 Å². The fourth-order valence-corrected chi connectivity index (χ4v) is 4.11. The first-order chi connectivity index (χ1) is 11.9. The van der Waals surface area contributed by atoms with Gasteiger partial charge in [0.25, 0.3) is 0 Å². The Morgan fingerprint density at radius 1 is 0.375 bits per heavy atom. The second-order valence-corrected chi connectivity index (χ2v) is 6.47. The molecule has 0 nitrogen and oxygen atoms in total.